The van der Waals surface area contributed by atoms with Crippen LogP contribution in [0.5, 0.6) is 5.75 Å². The quantitative estimate of drug-likeness (QED) is 0.533. The number of amides is 1. The predicted octanol–water partition coefficient (Wildman–Crippen LogP) is 0.758. The van der Waals surface area contributed by atoms with Crippen LogP contribution in [0.25, 0.3) is 0 Å². The number of nitrogens with one attached hydrogen (secondary N) is 2. The summed E-state index contributed by atoms with van der Waals surface area (Å²) in [6.07, 6.45) is 2.96. The molecule has 0 aliphatic carbocycles. The number of aromatic nitrogens is 3. The summed E-state index contributed by atoms with van der Waals surface area (Å²) >= 11 is 0. The van der Waals surface area contributed by atoms with E-state index < -0.39 is 0 Å². The van der Waals surface area contributed by atoms with Crippen LogP contribution >= 0.6 is 0 Å². The minimum Gasteiger partial charge on any atom is -0.494 e. The van der Waals surface area contributed by atoms with Gasteiger partial charge in [0, 0.05) is 13.0 Å². The van der Waals surface area contributed by atoms with Crippen molar-refractivity contribution in [1.82, 2.24) is 20.5 Å². The molecule has 0 aliphatic heterocycles. The molecular weight excluding hydrogens is 258 g/mol. The Morgan fingerprint density at radius 1 is 1.50 bits per heavy atom. The normalized spacial score (nSPS) is 10.2. The van der Waals surface area contributed by atoms with Crippen LogP contribution in [0.4, 0.5) is 5.69 Å². The van der Waals surface area contributed by atoms with Crippen LogP contribution < -0.4 is 15.8 Å². The van der Waals surface area contributed by atoms with Crippen LogP contribution in [0.2, 0.25) is 0 Å². The molecule has 2 aromatic rings. The first-order chi connectivity index (χ1) is 9.72. The molecule has 0 radical (unpaired) electrons. The molecule has 2 rings (SSSR count). The molecule has 1 aromatic carbocycles. The lowest BCUT2D eigenvalue weighted by molar-refractivity contribution is 0.0950. The molecule has 0 unspecified atom stereocenters. The lowest BCUT2D eigenvalue weighted by Crippen LogP contribution is -2.25. The number of para-hydroxylation sites is 1. The molecule has 0 saturated carbocycles. The maximum Gasteiger partial charge on any atom is 0.255 e. The minimum absolute atomic E-state index is 0.202. The molecule has 0 bridgehead atoms. The Hall–Kier alpha value is -2.57. The van der Waals surface area contributed by atoms with Gasteiger partial charge in [-0.25, -0.2) is 4.98 Å². The zero-order valence-electron chi connectivity index (χ0n) is 11.2. The van der Waals surface area contributed by atoms with Crippen LogP contribution in [0.1, 0.15) is 22.6 Å². The van der Waals surface area contributed by atoms with Crippen LogP contribution in [0, 0.1) is 0 Å². The molecule has 106 valence electrons. The highest BCUT2D eigenvalue weighted by Gasteiger charge is 2.13. The van der Waals surface area contributed by atoms with E-state index in [0.717, 1.165) is 18.7 Å². The Morgan fingerprint density at radius 2 is 2.35 bits per heavy atom. The number of carbonyl (C=O) groups is 1. The molecule has 7 nitrogen and oxygen atoms in total. The molecule has 1 heterocycles. The van der Waals surface area contributed by atoms with Crippen LogP contribution in [0.3, 0.4) is 0 Å². The monoisotopic (exact) mass is 275 g/mol. The van der Waals surface area contributed by atoms with Gasteiger partial charge in [0.25, 0.3) is 5.91 Å². The van der Waals surface area contributed by atoms with Gasteiger partial charge in [0.2, 0.25) is 0 Å². The highest BCUT2D eigenvalue weighted by atomic mass is 16.5. The maximum atomic E-state index is 12.1. The number of hydrogen-bond donors (Lipinski definition) is 3. The van der Waals surface area contributed by atoms with Crippen molar-refractivity contribution in [3.05, 3.63) is 35.9 Å². The summed E-state index contributed by atoms with van der Waals surface area (Å²) in [5.41, 5.74) is 6.65. The highest BCUT2D eigenvalue weighted by Crippen LogP contribution is 2.25. The van der Waals surface area contributed by atoms with Crippen LogP contribution in [-0.2, 0) is 6.42 Å². The van der Waals surface area contributed by atoms with Crippen LogP contribution in [-0.4, -0.2) is 34.7 Å². The molecule has 7 heteroatoms. The number of aryl methyl sites for hydroxylation is 1. The average molecular weight is 275 g/mol. The number of ether oxygens (including phenoxy) is 1. The fourth-order valence-electron chi connectivity index (χ4n) is 1.87. The van der Waals surface area contributed by atoms with Gasteiger partial charge in [-0.3, -0.25) is 9.89 Å². The van der Waals surface area contributed by atoms with Gasteiger partial charge in [-0.1, -0.05) is 6.07 Å². The van der Waals surface area contributed by atoms with Gasteiger partial charge in [-0.2, -0.15) is 5.10 Å². The molecule has 1 aromatic heterocycles. The zero-order valence-corrected chi connectivity index (χ0v) is 11.2. The van der Waals surface area contributed by atoms with Gasteiger partial charge in [-0.05, 0) is 18.6 Å². The van der Waals surface area contributed by atoms with E-state index in [1.807, 2.05) is 0 Å². The number of nitrogen functional groups attached to an aromatic ring is 1. The molecule has 0 atom stereocenters. The third-order valence-corrected chi connectivity index (χ3v) is 2.84. The Labute approximate surface area is 116 Å². The lowest BCUT2D eigenvalue weighted by atomic mass is 10.1. The number of H-pyrrole nitrogens is 1. The Kier molecular flexibility index (Phi) is 4.54. The molecular formula is C13H17N5O2. The molecule has 0 aliphatic rings. The van der Waals surface area contributed by atoms with Crippen molar-refractivity contribution in [3.8, 4) is 5.75 Å². The van der Waals surface area contributed by atoms with Crippen molar-refractivity contribution < 1.29 is 9.53 Å². The van der Waals surface area contributed by atoms with Crippen molar-refractivity contribution in [1.29, 1.82) is 0 Å². The number of anilines is 1. The zero-order chi connectivity index (χ0) is 14.4. The maximum absolute atomic E-state index is 12.1. The third kappa shape index (κ3) is 3.25. The Bertz CT molecular complexity index is 568. The summed E-state index contributed by atoms with van der Waals surface area (Å²) in [7, 11) is 1.49. The highest BCUT2D eigenvalue weighted by molar-refractivity contribution is 5.98. The first kappa shape index (κ1) is 13.9. The van der Waals surface area contributed by atoms with E-state index in [1.54, 1.807) is 18.2 Å². The third-order valence-electron chi connectivity index (χ3n) is 2.84. The van der Waals surface area contributed by atoms with E-state index in [4.69, 9.17) is 10.5 Å². The number of carbonyl (C=O) groups excluding carboxylic acids is 1. The number of nitrogens with two attached hydrogens (primary N) is 1. The fourth-order valence-corrected chi connectivity index (χ4v) is 1.87. The average Bonchev–Trinajstić information content (AvgIpc) is 2.96. The second kappa shape index (κ2) is 6.55. The van der Waals surface area contributed by atoms with E-state index in [-0.39, 0.29) is 5.91 Å². The van der Waals surface area contributed by atoms with Gasteiger partial charge < -0.3 is 15.8 Å². The summed E-state index contributed by atoms with van der Waals surface area (Å²) in [6, 6.07) is 5.10. The van der Waals surface area contributed by atoms with Gasteiger partial charge in [-0.15, -0.1) is 0 Å². The minimum atomic E-state index is -0.202. The topological polar surface area (TPSA) is 106 Å². The largest absolute Gasteiger partial charge is 0.494 e. The van der Waals surface area contributed by atoms with E-state index in [9.17, 15) is 4.79 Å². The number of hydrogen-bond acceptors (Lipinski definition) is 5. The second-order valence-electron chi connectivity index (χ2n) is 4.22. The van der Waals surface area contributed by atoms with Gasteiger partial charge in [0.1, 0.15) is 12.2 Å². The van der Waals surface area contributed by atoms with E-state index >= 15 is 0 Å². The number of benzene rings is 1. The number of methoxy groups -OCH3 is 1. The van der Waals surface area contributed by atoms with E-state index in [1.165, 1.54) is 13.4 Å². The molecule has 0 saturated heterocycles. The Balaban J connectivity index is 1.87. The van der Waals surface area contributed by atoms with E-state index in [0.29, 0.717) is 23.5 Å². The fraction of sp³-hybridized carbons (Fsp3) is 0.308. The molecule has 20 heavy (non-hydrogen) atoms. The van der Waals surface area contributed by atoms with Crippen molar-refractivity contribution in [2.75, 3.05) is 19.4 Å². The van der Waals surface area contributed by atoms with Gasteiger partial charge in [0.15, 0.2) is 5.75 Å². The summed E-state index contributed by atoms with van der Waals surface area (Å²) in [4.78, 5) is 16.1. The van der Waals surface area contributed by atoms with Gasteiger partial charge >= 0.3 is 0 Å². The van der Waals surface area contributed by atoms with Crippen molar-refractivity contribution in [2.45, 2.75) is 12.8 Å². The summed E-state index contributed by atoms with van der Waals surface area (Å²) in [5.74, 6) is 1.01. The predicted molar refractivity (Wildman–Crippen MR) is 74.4 cm³/mol. The molecule has 1 amide bonds. The van der Waals surface area contributed by atoms with Gasteiger partial charge in [0.05, 0.1) is 18.4 Å². The summed E-state index contributed by atoms with van der Waals surface area (Å²) in [5, 5.41) is 9.36. The molecule has 0 spiro atoms. The second-order valence-corrected chi connectivity index (χ2v) is 4.22. The number of aromatic amines is 1. The number of rotatable bonds is 6. The Morgan fingerprint density at radius 3 is 3.05 bits per heavy atom. The first-order valence-corrected chi connectivity index (χ1v) is 6.27. The molecule has 4 N–H and O–H groups in total. The summed E-state index contributed by atoms with van der Waals surface area (Å²) < 4.78 is 5.15. The van der Waals surface area contributed by atoms with Crippen LogP contribution in [0.15, 0.2) is 24.5 Å². The van der Waals surface area contributed by atoms with Crippen molar-refractivity contribution in [2.24, 2.45) is 0 Å². The first-order valence-electron chi connectivity index (χ1n) is 6.27. The standard InChI is InChI=1S/C13H17N5O2/c1-20-12-9(4-2-5-10(12)14)13(19)15-7-3-6-11-16-8-17-18-11/h2,4-5,8H,3,6-7,14H2,1H3,(H,15,19)(H,16,17,18). The lowest BCUT2D eigenvalue weighted by Gasteiger charge is -2.10. The molecule has 0 fully saturated rings. The van der Waals surface area contributed by atoms with Crippen molar-refractivity contribution >= 4 is 11.6 Å². The van der Waals surface area contributed by atoms with Crippen molar-refractivity contribution in [3.63, 3.8) is 0 Å². The number of nitrogens with zero attached hydrogens (tertiary/aromatic N) is 2. The summed E-state index contributed by atoms with van der Waals surface area (Å²) in [6.45, 7) is 0.539. The van der Waals surface area contributed by atoms with E-state index in [2.05, 4.69) is 20.5 Å². The smallest absolute Gasteiger partial charge is 0.255 e. The SMILES string of the molecule is COc1c(N)cccc1C(=O)NCCCc1ncn[nH]1.